The van der Waals surface area contributed by atoms with Crippen molar-refractivity contribution < 1.29 is 9.90 Å². The summed E-state index contributed by atoms with van der Waals surface area (Å²) in [6.45, 7) is 12.1. The van der Waals surface area contributed by atoms with Crippen molar-refractivity contribution in [2.45, 2.75) is 40.2 Å². The molecule has 0 radical (unpaired) electrons. The molecule has 0 saturated carbocycles. The number of nitrogens with zero attached hydrogens (tertiary/aromatic N) is 1. The Morgan fingerprint density at radius 3 is 2.06 bits per heavy atom. The van der Waals surface area contributed by atoms with Crippen molar-refractivity contribution >= 4 is 5.97 Å². The van der Waals surface area contributed by atoms with E-state index in [-0.39, 0.29) is 5.41 Å². The van der Waals surface area contributed by atoms with Crippen molar-refractivity contribution in [1.29, 1.82) is 0 Å². The summed E-state index contributed by atoms with van der Waals surface area (Å²) in [4.78, 5) is 13.3. The van der Waals surface area contributed by atoms with Crippen LogP contribution in [0, 0.1) is 5.41 Å². The summed E-state index contributed by atoms with van der Waals surface area (Å²) in [6, 6.07) is 0. The van der Waals surface area contributed by atoms with E-state index < -0.39 is 11.5 Å². The fraction of sp³-hybridized carbons (Fsp3) is 0.917. The average Bonchev–Trinajstić information content (AvgIpc) is 1.99. The fourth-order valence-electron chi connectivity index (χ4n) is 1.99. The van der Waals surface area contributed by atoms with Crippen LogP contribution in [-0.2, 0) is 4.79 Å². The van der Waals surface area contributed by atoms with E-state index in [0.717, 1.165) is 6.54 Å². The molecule has 0 aliphatic heterocycles. The summed E-state index contributed by atoms with van der Waals surface area (Å²) in [5.74, 6) is -0.796. The SMILES string of the molecule is CCNC(C)(CN(C)CC(C)(C)C)C(=O)O. The first-order valence-electron chi connectivity index (χ1n) is 5.78. The number of carboxylic acids is 1. The summed E-state index contributed by atoms with van der Waals surface area (Å²) in [6.07, 6.45) is 0. The number of rotatable bonds is 6. The standard InChI is InChI=1S/C12H26N2O2/c1-7-13-12(5,10(15)16)9-14(6)8-11(2,3)4/h13H,7-9H2,1-6H3,(H,15,16). The van der Waals surface area contributed by atoms with Gasteiger partial charge in [0.1, 0.15) is 5.54 Å². The molecule has 0 aromatic heterocycles. The van der Waals surface area contributed by atoms with E-state index >= 15 is 0 Å². The van der Waals surface area contributed by atoms with Gasteiger partial charge in [-0.05, 0) is 25.9 Å². The van der Waals surface area contributed by atoms with E-state index in [1.165, 1.54) is 0 Å². The Labute approximate surface area is 99.0 Å². The molecule has 0 fully saturated rings. The van der Waals surface area contributed by atoms with Gasteiger partial charge in [-0.3, -0.25) is 4.79 Å². The molecule has 1 atom stereocenters. The molecule has 0 rings (SSSR count). The third kappa shape index (κ3) is 5.47. The van der Waals surface area contributed by atoms with Crippen LogP contribution in [0.15, 0.2) is 0 Å². The molecule has 4 nitrogen and oxygen atoms in total. The summed E-state index contributed by atoms with van der Waals surface area (Å²) in [5, 5.41) is 12.3. The lowest BCUT2D eigenvalue weighted by atomic mass is 9.94. The number of hydrogen-bond donors (Lipinski definition) is 2. The van der Waals surface area contributed by atoms with Crippen molar-refractivity contribution in [3.8, 4) is 0 Å². The summed E-state index contributed by atoms with van der Waals surface area (Å²) < 4.78 is 0. The Hall–Kier alpha value is -0.610. The zero-order valence-corrected chi connectivity index (χ0v) is 11.4. The Bertz CT molecular complexity index is 236. The van der Waals surface area contributed by atoms with Gasteiger partial charge in [-0.15, -0.1) is 0 Å². The Morgan fingerprint density at radius 1 is 1.25 bits per heavy atom. The van der Waals surface area contributed by atoms with Crippen molar-refractivity contribution in [1.82, 2.24) is 10.2 Å². The summed E-state index contributed by atoms with van der Waals surface area (Å²) in [7, 11) is 1.96. The highest BCUT2D eigenvalue weighted by atomic mass is 16.4. The molecule has 2 N–H and O–H groups in total. The highest BCUT2D eigenvalue weighted by Crippen LogP contribution is 2.16. The molecule has 0 aromatic rings. The lowest BCUT2D eigenvalue weighted by Crippen LogP contribution is -2.57. The minimum absolute atomic E-state index is 0.181. The van der Waals surface area contributed by atoms with Gasteiger partial charge in [0.2, 0.25) is 0 Å². The quantitative estimate of drug-likeness (QED) is 0.724. The van der Waals surface area contributed by atoms with E-state index in [4.69, 9.17) is 0 Å². The first kappa shape index (κ1) is 15.4. The number of carboxylic acid groups (broad SMARTS) is 1. The zero-order chi connectivity index (χ0) is 13.0. The van der Waals surface area contributed by atoms with Crippen molar-refractivity contribution in [2.75, 3.05) is 26.7 Å². The van der Waals surface area contributed by atoms with E-state index in [0.29, 0.717) is 13.1 Å². The molecular weight excluding hydrogens is 204 g/mol. The van der Waals surface area contributed by atoms with Gasteiger partial charge >= 0.3 is 5.97 Å². The third-order valence-corrected chi connectivity index (χ3v) is 2.37. The molecule has 0 aliphatic carbocycles. The number of nitrogens with one attached hydrogen (secondary N) is 1. The molecule has 0 aliphatic rings. The minimum atomic E-state index is -0.866. The first-order valence-corrected chi connectivity index (χ1v) is 5.78. The molecular formula is C12H26N2O2. The maximum absolute atomic E-state index is 11.2. The van der Waals surface area contributed by atoms with Gasteiger partial charge in [0.15, 0.2) is 0 Å². The van der Waals surface area contributed by atoms with Crippen LogP contribution in [0.3, 0.4) is 0 Å². The molecule has 96 valence electrons. The van der Waals surface area contributed by atoms with Crippen molar-refractivity contribution in [2.24, 2.45) is 5.41 Å². The molecule has 0 spiro atoms. The van der Waals surface area contributed by atoms with Crippen LogP contribution in [0.25, 0.3) is 0 Å². The number of carbonyl (C=O) groups is 1. The van der Waals surface area contributed by atoms with Crippen LogP contribution in [0.2, 0.25) is 0 Å². The van der Waals surface area contributed by atoms with Gasteiger partial charge in [0.05, 0.1) is 0 Å². The van der Waals surface area contributed by atoms with Gasteiger partial charge in [0.25, 0.3) is 0 Å². The summed E-state index contributed by atoms with van der Waals surface area (Å²) in [5.41, 5.74) is -0.685. The topological polar surface area (TPSA) is 52.6 Å². The third-order valence-electron chi connectivity index (χ3n) is 2.37. The molecule has 0 heterocycles. The molecule has 4 heteroatoms. The van der Waals surface area contributed by atoms with Crippen LogP contribution in [0.4, 0.5) is 0 Å². The zero-order valence-electron chi connectivity index (χ0n) is 11.4. The average molecular weight is 230 g/mol. The monoisotopic (exact) mass is 230 g/mol. The van der Waals surface area contributed by atoms with E-state index in [1.54, 1.807) is 6.92 Å². The Morgan fingerprint density at radius 2 is 1.75 bits per heavy atom. The van der Waals surface area contributed by atoms with Crippen LogP contribution >= 0.6 is 0 Å². The van der Waals surface area contributed by atoms with E-state index in [2.05, 4.69) is 31.0 Å². The number of aliphatic carboxylic acids is 1. The lowest BCUT2D eigenvalue weighted by Gasteiger charge is -2.34. The number of hydrogen-bond acceptors (Lipinski definition) is 3. The molecule has 0 bridgehead atoms. The predicted octanol–water partition coefficient (Wildman–Crippen LogP) is 1.42. The first-order chi connectivity index (χ1) is 7.10. The Kier molecular flexibility index (Phi) is 5.42. The maximum atomic E-state index is 11.2. The smallest absolute Gasteiger partial charge is 0.324 e. The minimum Gasteiger partial charge on any atom is -0.480 e. The highest BCUT2D eigenvalue weighted by molar-refractivity contribution is 5.78. The van der Waals surface area contributed by atoms with Gasteiger partial charge < -0.3 is 15.3 Å². The van der Waals surface area contributed by atoms with Crippen molar-refractivity contribution in [3.05, 3.63) is 0 Å². The van der Waals surface area contributed by atoms with E-state index in [9.17, 15) is 9.90 Å². The lowest BCUT2D eigenvalue weighted by molar-refractivity contribution is -0.145. The molecule has 0 amide bonds. The normalized spacial score (nSPS) is 16.2. The molecule has 0 saturated heterocycles. The second-order valence-corrected chi connectivity index (χ2v) is 5.90. The predicted molar refractivity (Wildman–Crippen MR) is 66.7 cm³/mol. The molecule has 0 aromatic carbocycles. The van der Waals surface area contributed by atoms with E-state index in [1.807, 2.05) is 14.0 Å². The van der Waals surface area contributed by atoms with Crippen LogP contribution in [0.1, 0.15) is 34.6 Å². The largest absolute Gasteiger partial charge is 0.480 e. The van der Waals surface area contributed by atoms with Crippen LogP contribution in [0.5, 0.6) is 0 Å². The van der Waals surface area contributed by atoms with Crippen molar-refractivity contribution in [3.63, 3.8) is 0 Å². The molecule has 1 unspecified atom stereocenters. The van der Waals surface area contributed by atoms with Gasteiger partial charge in [-0.25, -0.2) is 0 Å². The summed E-state index contributed by atoms with van der Waals surface area (Å²) >= 11 is 0. The van der Waals surface area contributed by atoms with Crippen LogP contribution in [-0.4, -0.2) is 48.2 Å². The fourth-order valence-corrected chi connectivity index (χ4v) is 1.99. The highest BCUT2D eigenvalue weighted by Gasteiger charge is 2.33. The maximum Gasteiger partial charge on any atom is 0.324 e. The van der Waals surface area contributed by atoms with Crippen LogP contribution < -0.4 is 5.32 Å². The number of likely N-dealkylation sites (N-methyl/N-ethyl adjacent to an activating group) is 2. The second-order valence-electron chi connectivity index (χ2n) is 5.90. The molecule has 16 heavy (non-hydrogen) atoms. The van der Waals surface area contributed by atoms with Gasteiger partial charge in [0, 0.05) is 13.1 Å². The Balaban J connectivity index is 4.47. The second kappa shape index (κ2) is 5.64. The van der Waals surface area contributed by atoms with Gasteiger partial charge in [-0.2, -0.15) is 0 Å². The van der Waals surface area contributed by atoms with Gasteiger partial charge in [-0.1, -0.05) is 27.7 Å².